The molecule has 0 amide bonds. The van der Waals surface area contributed by atoms with E-state index < -0.39 is 11.7 Å². The van der Waals surface area contributed by atoms with E-state index in [1.165, 1.54) is 12.1 Å². The Morgan fingerprint density at radius 2 is 1.89 bits per heavy atom. The third-order valence-corrected chi connectivity index (χ3v) is 2.98. The van der Waals surface area contributed by atoms with E-state index in [9.17, 15) is 13.2 Å². The van der Waals surface area contributed by atoms with Crippen LogP contribution in [0.2, 0.25) is 0 Å². The number of nitrogens with zero attached hydrogens (tertiary/aromatic N) is 2. The van der Waals surface area contributed by atoms with Crippen LogP contribution in [0.5, 0.6) is 0 Å². The second-order valence-corrected chi connectivity index (χ2v) is 4.26. The number of hydrogen-bond acceptors (Lipinski definition) is 2. The molecule has 0 aliphatic carbocycles. The summed E-state index contributed by atoms with van der Waals surface area (Å²) in [6, 6.07) is 5.02. The third kappa shape index (κ3) is 2.61. The van der Waals surface area contributed by atoms with Gasteiger partial charge in [0.05, 0.1) is 5.56 Å². The summed E-state index contributed by atoms with van der Waals surface area (Å²) in [5.74, 6) is 0.680. The van der Waals surface area contributed by atoms with Crippen LogP contribution in [0.4, 0.5) is 13.2 Å². The summed E-state index contributed by atoms with van der Waals surface area (Å²) in [6.07, 6.45) is -3.87. The second-order valence-electron chi connectivity index (χ2n) is 3.88. The molecular weight excluding hydrogens is 263 g/mol. The highest BCUT2D eigenvalue weighted by Gasteiger charge is 2.29. The second kappa shape index (κ2) is 4.56. The van der Waals surface area contributed by atoms with Crippen LogP contribution in [-0.4, -0.2) is 14.8 Å². The fourth-order valence-electron chi connectivity index (χ4n) is 1.53. The molecule has 18 heavy (non-hydrogen) atoms. The number of aromatic amines is 1. The lowest BCUT2D eigenvalue weighted by molar-refractivity contribution is -0.137. The summed E-state index contributed by atoms with van der Waals surface area (Å²) in [7, 11) is 1.76. The first-order valence-corrected chi connectivity index (χ1v) is 5.55. The van der Waals surface area contributed by atoms with E-state index in [0.29, 0.717) is 17.0 Å². The van der Waals surface area contributed by atoms with Crippen LogP contribution in [0.15, 0.2) is 24.3 Å². The van der Waals surface area contributed by atoms with E-state index in [1.807, 2.05) is 0 Å². The highest BCUT2D eigenvalue weighted by Crippen LogP contribution is 2.29. The normalized spacial score (nSPS) is 11.8. The quantitative estimate of drug-likeness (QED) is 0.853. The Labute approximate surface area is 106 Å². The molecule has 0 bridgehead atoms. The number of nitrogens with one attached hydrogen (secondary N) is 1. The Morgan fingerprint density at radius 3 is 2.33 bits per heavy atom. The van der Waals surface area contributed by atoms with Crippen molar-refractivity contribution in [2.24, 2.45) is 7.05 Å². The van der Waals surface area contributed by atoms with Crippen LogP contribution in [0.3, 0.4) is 0 Å². The van der Waals surface area contributed by atoms with Crippen molar-refractivity contribution < 1.29 is 13.2 Å². The lowest BCUT2D eigenvalue weighted by Gasteiger charge is -2.07. The molecule has 0 fully saturated rings. The number of alkyl halides is 3. The summed E-state index contributed by atoms with van der Waals surface area (Å²) in [5.41, 5.74) is 0.0988. The lowest BCUT2D eigenvalue weighted by atomic mass is 10.1. The molecule has 0 atom stereocenters. The summed E-state index contributed by atoms with van der Waals surface area (Å²) >= 11 is 4.96. The Kier molecular flexibility index (Phi) is 3.25. The average molecular weight is 273 g/mol. The number of rotatable bonds is 2. The van der Waals surface area contributed by atoms with Gasteiger partial charge in [-0.2, -0.15) is 18.3 Å². The molecule has 0 saturated heterocycles. The minimum Gasteiger partial charge on any atom is -0.307 e. The standard InChI is InChI=1S/C11H10F3N3S/c1-17-9(15-16-10(17)18)6-7-2-4-8(5-3-7)11(12,13)14/h2-5H,6H2,1H3,(H,16,18). The van der Waals surface area contributed by atoms with Crippen molar-refractivity contribution in [3.63, 3.8) is 0 Å². The van der Waals surface area contributed by atoms with Crippen LogP contribution >= 0.6 is 12.2 Å². The number of hydrogen-bond donors (Lipinski definition) is 1. The molecule has 0 spiro atoms. The van der Waals surface area contributed by atoms with Gasteiger partial charge in [0.2, 0.25) is 0 Å². The van der Waals surface area contributed by atoms with Crippen molar-refractivity contribution in [2.45, 2.75) is 12.6 Å². The van der Waals surface area contributed by atoms with Crippen LogP contribution < -0.4 is 0 Å². The molecule has 2 rings (SSSR count). The minimum atomic E-state index is -4.30. The first-order chi connectivity index (χ1) is 8.38. The van der Waals surface area contributed by atoms with E-state index in [4.69, 9.17) is 12.2 Å². The monoisotopic (exact) mass is 273 g/mol. The molecule has 0 aliphatic heterocycles. The van der Waals surface area contributed by atoms with Gasteiger partial charge in [-0.1, -0.05) is 12.1 Å². The van der Waals surface area contributed by atoms with Crippen molar-refractivity contribution in [3.8, 4) is 0 Å². The SMILES string of the molecule is Cn1c(Cc2ccc(C(F)(F)F)cc2)n[nH]c1=S. The Hall–Kier alpha value is -1.63. The van der Waals surface area contributed by atoms with Crippen molar-refractivity contribution >= 4 is 12.2 Å². The van der Waals surface area contributed by atoms with Gasteiger partial charge in [-0.3, -0.25) is 5.10 Å². The summed E-state index contributed by atoms with van der Waals surface area (Å²) < 4.78 is 39.3. The Bertz CT molecular complexity index is 595. The zero-order valence-electron chi connectivity index (χ0n) is 9.45. The number of benzene rings is 1. The smallest absolute Gasteiger partial charge is 0.307 e. The maximum atomic E-state index is 12.4. The lowest BCUT2D eigenvalue weighted by Crippen LogP contribution is -2.05. The highest BCUT2D eigenvalue weighted by atomic mass is 32.1. The molecule has 1 aromatic carbocycles. The summed E-state index contributed by atoms with van der Waals surface area (Å²) in [6.45, 7) is 0. The van der Waals surface area contributed by atoms with E-state index in [1.54, 1.807) is 11.6 Å². The molecule has 0 unspecified atom stereocenters. The van der Waals surface area contributed by atoms with Crippen LogP contribution in [0, 0.1) is 4.77 Å². The number of halogens is 3. The van der Waals surface area contributed by atoms with Gasteiger partial charge in [-0.25, -0.2) is 0 Å². The molecule has 96 valence electrons. The molecule has 3 nitrogen and oxygen atoms in total. The highest BCUT2D eigenvalue weighted by molar-refractivity contribution is 7.71. The van der Waals surface area contributed by atoms with Crippen molar-refractivity contribution in [3.05, 3.63) is 46.0 Å². The molecule has 7 heteroatoms. The predicted octanol–water partition coefficient (Wildman–Crippen LogP) is 3.09. The van der Waals surface area contributed by atoms with Gasteiger partial charge in [-0.15, -0.1) is 0 Å². The molecule has 0 aliphatic rings. The molecule has 1 aromatic heterocycles. The van der Waals surface area contributed by atoms with E-state index in [2.05, 4.69) is 10.2 Å². The first-order valence-electron chi connectivity index (χ1n) is 5.14. The molecule has 1 N–H and O–H groups in total. The van der Waals surface area contributed by atoms with E-state index in [0.717, 1.165) is 17.7 Å². The fraction of sp³-hybridized carbons (Fsp3) is 0.273. The van der Waals surface area contributed by atoms with E-state index >= 15 is 0 Å². The zero-order valence-corrected chi connectivity index (χ0v) is 10.3. The predicted molar refractivity (Wildman–Crippen MR) is 62.6 cm³/mol. The number of H-pyrrole nitrogens is 1. The molecule has 0 saturated carbocycles. The third-order valence-electron chi connectivity index (χ3n) is 2.62. The average Bonchev–Trinajstić information content (AvgIpc) is 2.61. The number of aromatic nitrogens is 3. The summed E-state index contributed by atoms with van der Waals surface area (Å²) in [5, 5.41) is 6.63. The van der Waals surface area contributed by atoms with Gasteiger partial charge in [-0.05, 0) is 29.9 Å². The molecule has 0 radical (unpaired) electrons. The topological polar surface area (TPSA) is 33.6 Å². The van der Waals surface area contributed by atoms with Crippen molar-refractivity contribution in [1.82, 2.24) is 14.8 Å². The van der Waals surface area contributed by atoms with Crippen molar-refractivity contribution in [2.75, 3.05) is 0 Å². The molecule has 2 aromatic rings. The Balaban J connectivity index is 2.21. The Morgan fingerprint density at radius 1 is 1.28 bits per heavy atom. The van der Waals surface area contributed by atoms with Gasteiger partial charge < -0.3 is 4.57 Å². The van der Waals surface area contributed by atoms with Crippen LogP contribution in [0.25, 0.3) is 0 Å². The molecular formula is C11H10F3N3S. The van der Waals surface area contributed by atoms with Gasteiger partial charge in [0.25, 0.3) is 0 Å². The van der Waals surface area contributed by atoms with Gasteiger partial charge in [0, 0.05) is 13.5 Å². The van der Waals surface area contributed by atoms with Gasteiger partial charge >= 0.3 is 6.18 Å². The first kappa shape index (κ1) is 12.8. The van der Waals surface area contributed by atoms with Crippen LogP contribution in [-0.2, 0) is 19.6 Å². The van der Waals surface area contributed by atoms with Gasteiger partial charge in [0.1, 0.15) is 5.82 Å². The minimum absolute atomic E-state index is 0.432. The maximum Gasteiger partial charge on any atom is 0.416 e. The maximum absolute atomic E-state index is 12.4. The largest absolute Gasteiger partial charge is 0.416 e. The zero-order chi connectivity index (χ0) is 13.3. The van der Waals surface area contributed by atoms with E-state index in [-0.39, 0.29) is 0 Å². The van der Waals surface area contributed by atoms with Crippen molar-refractivity contribution in [1.29, 1.82) is 0 Å². The fourth-order valence-corrected chi connectivity index (χ4v) is 1.68. The molecule has 1 heterocycles. The van der Waals surface area contributed by atoms with Gasteiger partial charge in [0.15, 0.2) is 4.77 Å². The summed E-state index contributed by atoms with van der Waals surface area (Å²) in [4.78, 5) is 0. The van der Waals surface area contributed by atoms with Crippen LogP contribution in [0.1, 0.15) is 17.0 Å².